The summed E-state index contributed by atoms with van der Waals surface area (Å²) in [6.07, 6.45) is 0. The molecule has 6 heteroatoms. The van der Waals surface area contributed by atoms with E-state index in [9.17, 15) is 14.0 Å². The van der Waals surface area contributed by atoms with Crippen molar-refractivity contribution in [1.82, 2.24) is 4.90 Å². The largest absolute Gasteiger partial charge is 0.325 e. The summed E-state index contributed by atoms with van der Waals surface area (Å²) in [5, 5.41) is 0.356. The molecule has 0 spiro atoms. The van der Waals surface area contributed by atoms with Crippen LogP contribution in [0.5, 0.6) is 0 Å². The van der Waals surface area contributed by atoms with E-state index in [1.165, 1.54) is 21.9 Å². The normalized spacial score (nSPS) is 18.0. The van der Waals surface area contributed by atoms with Crippen molar-refractivity contribution in [3.63, 3.8) is 0 Å². The number of benzene rings is 2. The SMILES string of the molecule is C[C@@H]1C(=O)N(c2cccc(F)c2)CCN1C(=O)c1ccccc1Cl. The van der Waals surface area contributed by atoms with E-state index in [1.54, 1.807) is 43.3 Å². The Hall–Kier alpha value is -2.40. The van der Waals surface area contributed by atoms with E-state index < -0.39 is 11.9 Å². The van der Waals surface area contributed by atoms with Gasteiger partial charge < -0.3 is 9.80 Å². The maximum absolute atomic E-state index is 13.4. The maximum Gasteiger partial charge on any atom is 0.256 e. The Bertz CT molecular complexity index is 796. The summed E-state index contributed by atoms with van der Waals surface area (Å²) < 4.78 is 13.4. The van der Waals surface area contributed by atoms with Crippen LogP contribution in [-0.4, -0.2) is 35.8 Å². The number of halogens is 2. The lowest BCUT2D eigenvalue weighted by Gasteiger charge is -2.39. The van der Waals surface area contributed by atoms with E-state index in [2.05, 4.69) is 0 Å². The zero-order valence-electron chi connectivity index (χ0n) is 13.1. The first-order valence-electron chi connectivity index (χ1n) is 7.61. The standard InChI is InChI=1S/C18H16ClFN2O2/c1-12-17(23)22(14-6-4-5-13(20)11-14)10-9-21(12)18(24)15-7-2-3-8-16(15)19/h2-8,11-12H,9-10H2,1H3/t12-/m1/s1. The van der Waals surface area contributed by atoms with Crippen LogP contribution in [0.1, 0.15) is 17.3 Å². The van der Waals surface area contributed by atoms with Gasteiger partial charge in [0, 0.05) is 18.8 Å². The third-order valence-corrected chi connectivity index (χ3v) is 4.47. The van der Waals surface area contributed by atoms with Crippen LogP contribution in [0.3, 0.4) is 0 Å². The van der Waals surface area contributed by atoms with Gasteiger partial charge in [-0.25, -0.2) is 4.39 Å². The zero-order chi connectivity index (χ0) is 17.3. The smallest absolute Gasteiger partial charge is 0.256 e. The quantitative estimate of drug-likeness (QED) is 0.836. The molecule has 2 aromatic rings. The molecule has 0 radical (unpaired) electrons. The molecule has 0 bridgehead atoms. The Kier molecular flexibility index (Phi) is 4.53. The minimum Gasteiger partial charge on any atom is -0.325 e. The molecule has 1 heterocycles. The molecule has 0 saturated carbocycles. The van der Waals surface area contributed by atoms with E-state index >= 15 is 0 Å². The van der Waals surface area contributed by atoms with Crippen LogP contribution < -0.4 is 4.90 Å². The Morgan fingerprint density at radius 3 is 2.62 bits per heavy atom. The van der Waals surface area contributed by atoms with Gasteiger partial charge in [-0.15, -0.1) is 0 Å². The van der Waals surface area contributed by atoms with E-state index in [-0.39, 0.29) is 11.8 Å². The molecule has 0 aliphatic carbocycles. The van der Waals surface area contributed by atoms with Gasteiger partial charge in [0.1, 0.15) is 11.9 Å². The average Bonchev–Trinajstić information content (AvgIpc) is 2.57. The van der Waals surface area contributed by atoms with Crippen LogP contribution in [0, 0.1) is 5.82 Å². The molecule has 0 N–H and O–H groups in total. The van der Waals surface area contributed by atoms with E-state index in [4.69, 9.17) is 11.6 Å². The highest BCUT2D eigenvalue weighted by atomic mass is 35.5. The van der Waals surface area contributed by atoms with Gasteiger partial charge in [0.2, 0.25) is 5.91 Å². The number of hydrogen-bond acceptors (Lipinski definition) is 2. The Labute approximate surface area is 144 Å². The van der Waals surface area contributed by atoms with Crippen LogP contribution in [0.25, 0.3) is 0 Å². The number of anilines is 1. The summed E-state index contributed by atoms with van der Waals surface area (Å²) in [7, 11) is 0. The molecule has 3 rings (SSSR count). The number of rotatable bonds is 2. The summed E-state index contributed by atoms with van der Waals surface area (Å²) in [4.78, 5) is 28.3. The fourth-order valence-electron chi connectivity index (χ4n) is 2.84. The predicted octanol–water partition coefficient (Wildman–Crippen LogP) is 3.36. The first kappa shape index (κ1) is 16.5. The Morgan fingerprint density at radius 1 is 1.17 bits per heavy atom. The second-order valence-corrected chi connectivity index (χ2v) is 6.03. The number of amides is 2. The van der Waals surface area contributed by atoms with Crippen LogP contribution in [-0.2, 0) is 4.79 Å². The maximum atomic E-state index is 13.4. The Morgan fingerprint density at radius 2 is 1.92 bits per heavy atom. The highest BCUT2D eigenvalue weighted by Crippen LogP contribution is 2.24. The van der Waals surface area contributed by atoms with Gasteiger partial charge in [-0.1, -0.05) is 29.8 Å². The number of hydrogen-bond donors (Lipinski definition) is 0. The molecule has 1 aliphatic rings. The molecule has 4 nitrogen and oxygen atoms in total. The Balaban J connectivity index is 1.83. The highest BCUT2D eigenvalue weighted by Gasteiger charge is 2.35. The van der Waals surface area contributed by atoms with Gasteiger partial charge in [0.05, 0.1) is 10.6 Å². The van der Waals surface area contributed by atoms with E-state index in [0.717, 1.165) is 0 Å². The van der Waals surface area contributed by atoms with Gasteiger partial charge >= 0.3 is 0 Å². The molecule has 0 unspecified atom stereocenters. The number of nitrogens with zero attached hydrogens (tertiary/aromatic N) is 2. The van der Waals surface area contributed by atoms with Crippen molar-refractivity contribution in [1.29, 1.82) is 0 Å². The zero-order valence-corrected chi connectivity index (χ0v) is 13.8. The van der Waals surface area contributed by atoms with Gasteiger partial charge in [-0.2, -0.15) is 0 Å². The van der Waals surface area contributed by atoms with Gasteiger partial charge in [0.15, 0.2) is 0 Å². The number of piperazine rings is 1. The molecule has 0 aromatic heterocycles. The van der Waals surface area contributed by atoms with Crippen molar-refractivity contribution in [2.45, 2.75) is 13.0 Å². The summed E-state index contributed by atoms with van der Waals surface area (Å²) in [6.45, 7) is 2.33. The van der Waals surface area contributed by atoms with Gasteiger partial charge in [-0.05, 0) is 37.3 Å². The van der Waals surface area contributed by atoms with Crippen molar-refractivity contribution in [2.75, 3.05) is 18.0 Å². The first-order chi connectivity index (χ1) is 11.5. The predicted molar refractivity (Wildman–Crippen MR) is 90.7 cm³/mol. The summed E-state index contributed by atoms with van der Waals surface area (Å²) >= 11 is 6.08. The fraction of sp³-hybridized carbons (Fsp3) is 0.222. The molecule has 1 fully saturated rings. The van der Waals surface area contributed by atoms with Gasteiger partial charge in [0.25, 0.3) is 5.91 Å². The number of carbonyl (C=O) groups excluding carboxylic acids is 2. The lowest BCUT2D eigenvalue weighted by molar-refractivity contribution is -0.124. The van der Waals surface area contributed by atoms with E-state index in [0.29, 0.717) is 29.4 Å². The second-order valence-electron chi connectivity index (χ2n) is 5.62. The molecule has 124 valence electrons. The third kappa shape index (κ3) is 2.99. The highest BCUT2D eigenvalue weighted by molar-refractivity contribution is 6.33. The summed E-state index contributed by atoms with van der Waals surface area (Å²) in [5.74, 6) is -0.921. The molecule has 1 saturated heterocycles. The van der Waals surface area contributed by atoms with Crippen molar-refractivity contribution >= 4 is 29.1 Å². The molecule has 24 heavy (non-hydrogen) atoms. The minimum absolute atomic E-state index is 0.243. The fourth-order valence-corrected chi connectivity index (χ4v) is 3.05. The molecular weight excluding hydrogens is 331 g/mol. The monoisotopic (exact) mass is 346 g/mol. The van der Waals surface area contributed by atoms with Crippen LogP contribution >= 0.6 is 11.6 Å². The van der Waals surface area contributed by atoms with E-state index in [1.807, 2.05) is 0 Å². The molecule has 1 aliphatic heterocycles. The van der Waals surface area contributed by atoms with Crippen LogP contribution in [0.4, 0.5) is 10.1 Å². The average molecular weight is 347 g/mol. The first-order valence-corrected chi connectivity index (χ1v) is 7.99. The van der Waals surface area contributed by atoms with Crippen molar-refractivity contribution < 1.29 is 14.0 Å². The molecule has 2 aromatic carbocycles. The topological polar surface area (TPSA) is 40.6 Å². The van der Waals surface area contributed by atoms with Gasteiger partial charge in [-0.3, -0.25) is 9.59 Å². The second kappa shape index (κ2) is 6.61. The van der Waals surface area contributed by atoms with Crippen molar-refractivity contribution in [2.24, 2.45) is 0 Å². The molecular formula is C18H16ClFN2O2. The molecule has 1 atom stereocenters. The lowest BCUT2D eigenvalue weighted by atomic mass is 10.1. The van der Waals surface area contributed by atoms with Crippen molar-refractivity contribution in [3.8, 4) is 0 Å². The van der Waals surface area contributed by atoms with Crippen molar-refractivity contribution in [3.05, 3.63) is 64.9 Å². The number of carbonyl (C=O) groups is 2. The minimum atomic E-state index is -0.647. The summed E-state index contributed by atoms with van der Waals surface area (Å²) in [5.41, 5.74) is 0.870. The van der Waals surface area contributed by atoms with Crippen LogP contribution in [0.2, 0.25) is 5.02 Å². The summed E-state index contributed by atoms with van der Waals surface area (Å²) in [6, 6.07) is 12.0. The lowest BCUT2D eigenvalue weighted by Crippen LogP contribution is -2.57. The molecule has 2 amide bonds. The third-order valence-electron chi connectivity index (χ3n) is 4.14. The van der Waals surface area contributed by atoms with Crippen LogP contribution in [0.15, 0.2) is 48.5 Å².